The summed E-state index contributed by atoms with van der Waals surface area (Å²) >= 11 is 0. The van der Waals surface area contributed by atoms with Crippen molar-refractivity contribution >= 4 is 26.9 Å². The minimum atomic E-state index is -3.61. The van der Waals surface area contributed by atoms with Crippen molar-refractivity contribution in [2.24, 2.45) is 11.8 Å². The lowest BCUT2D eigenvalue weighted by Crippen LogP contribution is -2.42. The minimum Gasteiger partial charge on any atom is -0.451 e. The van der Waals surface area contributed by atoms with Crippen molar-refractivity contribution < 1.29 is 17.6 Å². The molecule has 6 nitrogen and oxygen atoms in total. The first-order valence-corrected chi connectivity index (χ1v) is 12.4. The van der Waals surface area contributed by atoms with Gasteiger partial charge < -0.3 is 9.32 Å². The van der Waals surface area contributed by atoms with Gasteiger partial charge in [0.15, 0.2) is 5.76 Å². The van der Waals surface area contributed by atoms with Gasteiger partial charge in [-0.1, -0.05) is 44.2 Å². The zero-order chi connectivity index (χ0) is 23.0. The molecule has 0 unspecified atom stereocenters. The maximum Gasteiger partial charge on any atom is 0.289 e. The number of furan rings is 1. The molecule has 0 spiro atoms. The number of carbonyl (C=O) groups is 1. The van der Waals surface area contributed by atoms with Gasteiger partial charge in [0.25, 0.3) is 5.91 Å². The van der Waals surface area contributed by atoms with E-state index in [-0.39, 0.29) is 16.6 Å². The van der Waals surface area contributed by atoms with Crippen LogP contribution in [0.3, 0.4) is 0 Å². The van der Waals surface area contributed by atoms with E-state index in [2.05, 4.69) is 13.8 Å². The number of nitrogens with zero attached hydrogens (tertiary/aromatic N) is 2. The number of carbonyl (C=O) groups excluding carboxylic acids is 1. The first-order valence-electron chi connectivity index (χ1n) is 11.0. The van der Waals surface area contributed by atoms with E-state index in [1.807, 2.05) is 30.3 Å². The van der Waals surface area contributed by atoms with Crippen LogP contribution >= 0.6 is 0 Å². The average molecular weight is 455 g/mol. The summed E-state index contributed by atoms with van der Waals surface area (Å²) in [4.78, 5) is 14.9. The molecular formula is C25H30N2O4S. The van der Waals surface area contributed by atoms with Gasteiger partial charge in [-0.3, -0.25) is 4.79 Å². The number of rotatable bonds is 5. The lowest BCUT2D eigenvalue weighted by atomic mass is 9.94. The highest BCUT2D eigenvalue weighted by Gasteiger charge is 2.32. The predicted molar refractivity (Wildman–Crippen MR) is 125 cm³/mol. The van der Waals surface area contributed by atoms with Gasteiger partial charge in [0.2, 0.25) is 10.0 Å². The Morgan fingerprint density at radius 2 is 1.75 bits per heavy atom. The van der Waals surface area contributed by atoms with Gasteiger partial charge in [-0.15, -0.1) is 0 Å². The van der Waals surface area contributed by atoms with Crippen LogP contribution in [0.15, 0.2) is 57.8 Å². The molecule has 4 rings (SSSR count). The topological polar surface area (TPSA) is 70.8 Å². The van der Waals surface area contributed by atoms with Gasteiger partial charge in [-0.05, 0) is 48.9 Å². The fourth-order valence-corrected chi connectivity index (χ4v) is 6.32. The van der Waals surface area contributed by atoms with E-state index in [0.29, 0.717) is 48.0 Å². The lowest BCUT2D eigenvalue weighted by molar-refractivity contribution is 0.0755. The van der Waals surface area contributed by atoms with E-state index in [0.717, 1.165) is 12.0 Å². The third-order valence-corrected chi connectivity index (χ3v) is 8.01. The number of sulfonamides is 1. The molecule has 3 aromatic rings. The summed E-state index contributed by atoms with van der Waals surface area (Å²) in [6, 6.07) is 14.6. The largest absolute Gasteiger partial charge is 0.451 e. The Hall–Kier alpha value is -2.64. The van der Waals surface area contributed by atoms with Gasteiger partial charge in [0, 0.05) is 37.6 Å². The van der Waals surface area contributed by atoms with Crippen LogP contribution in [0.25, 0.3) is 11.0 Å². The van der Waals surface area contributed by atoms with Gasteiger partial charge in [-0.25, -0.2) is 8.42 Å². The first kappa shape index (κ1) is 22.6. The normalized spacial score (nSPS) is 19.9. The quantitative estimate of drug-likeness (QED) is 0.561. The maximum absolute atomic E-state index is 13.3. The zero-order valence-electron chi connectivity index (χ0n) is 19.0. The number of hydrogen-bond donors (Lipinski definition) is 0. The predicted octanol–water partition coefficient (Wildman–Crippen LogP) is 4.68. The molecule has 2 aromatic carbocycles. The summed E-state index contributed by atoms with van der Waals surface area (Å²) in [5.74, 6) is 0.674. The van der Waals surface area contributed by atoms with Crippen LogP contribution in [0.1, 0.15) is 41.9 Å². The van der Waals surface area contributed by atoms with E-state index >= 15 is 0 Å². The summed E-state index contributed by atoms with van der Waals surface area (Å²) in [6.45, 7) is 7.50. The van der Waals surface area contributed by atoms with Gasteiger partial charge >= 0.3 is 0 Å². The molecule has 0 aliphatic carbocycles. The van der Waals surface area contributed by atoms with Crippen LogP contribution in [-0.2, 0) is 16.6 Å². The highest BCUT2D eigenvalue weighted by molar-refractivity contribution is 7.89. The van der Waals surface area contributed by atoms with Crippen molar-refractivity contribution in [3.8, 4) is 0 Å². The fourth-order valence-electron chi connectivity index (χ4n) is 4.62. The molecule has 1 amide bonds. The molecule has 0 N–H and O–H groups in total. The molecule has 1 saturated heterocycles. The van der Waals surface area contributed by atoms with Crippen molar-refractivity contribution in [3.63, 3.8) is 0 Å². The second-order valence-corrected chi connectivity index (χ2v) is 11.1. The average Bonchev–Trinajstić information content (AvgIpc) is 3.09. The number of hydrogen-bond acceptors (Lipinski definition) is 4. The van der Waals surface area contributed by atoms with Gasteiger partial charge in [0.05, 0.1) is 4.90 Å². The Labute approximate surface area is 189 Å². The molecule has 0 radical (unpaired) electrons. The highest BCUT2D eigenvalue weighted by Crippen LogP contribution is 2.31. The zero-order valence-corrected chi connectivity index (χ0v) is 19.9. The first-order chi connectivity index (χ1) is 15.2. The Kier molecular flexibility index (Phi) is 6.14. The second-order valence-electron chi connectivity index (χ2n) is 9.13. The van der Waals surface area contributed by atoms with Crippen molar-refractivity contribution in [2.45, 2.75) is 38.6 Å². The van der Waals surface area contributed by atoms with E-state index in [4.69, 9.17) is 4.42 Å². The van der Waals surface area contributed by atoms with Crippen LogP contribution in [0.4, 0.5) is 0 Å². The highest BCUT2D eigenvalue weighted by atomic mass is 32.2. The summed E-state index contributed by atoms with van der Waals surface area (Å²) in [7, 11) is -1.88. The van der Waals surface area contributed by atoms with Crippen LogP contribution < -0.4 is 0 Å². The molecule has 1 aliphatic heterocycles. The van der Waals surface area contributed by atoms with Gasteiger partial charge in [0.1, 0.15) is 5.58 Å². The number of fused-ring (bicyclic) bond motifs is 1. The summed E-state index contributed by atoms with van der Waals surface area (Å²) in [5.41, 5.74) is 2.19. The van der Waals surface area contributed by atoms with Crippen LogP contribution in [-0.4, -0.2) is 43.7 Å². The summed E-state index contributed by atoms with van der Waals surface area (Å²) in [5, 5.41) is 0.653. The van der Waals surface area contributed by atoms with E-state index in [1.165, 1.54) is 0 Å². The Morgan fingerprint density at radius 3 is 2.41 bits per heavy atom. The fraction of sp³-hybridized carbons (Fsp3) is 0.400. The standard InChI is InChI=1S/C25H30N2O4S/c1-17-12-18(2)15-27(14-17)32(29,30)21-10-11-23-22(13-21)19(3)24(31-23)25(28)26(4)16-20-8-6-5-7-9-20/h5-11,13,17-18H,12,14-16H2,1-4H3/t17-,18+. The molecule has 32 heavy (non-hydrogen) atoms. The van der Waals surface area contributed by atoms with Crippen LogP contribution in [0, 0.1) is 18.8 Å². The molecule has 2 atom stereocenters. The SMILES string of the molecule is Cc1c(C(=O)N(C)Cc2ccccc2)oc2ccc(S(=O)(=O)N3C[C@H](C)C[C@H](C)C3)cc12. The molecule has 0 bridgehead atoms. The Morgan fingerprint density at radius 1 is 1.09 bits per heavy atom. The Balaban J connectivity index is 1.63. The molecule has 7 heteroatoms. The van der Waals surface area contributed by atoms with Crippen LogP contribution in [0.2, 0.25) is 0 Å². The third-order valence-electron chi connectivity index (χ3n) is 6.18. The number of piperidine rings is 1. The van der Waals surface area contributed by atoms with E-state index < -0.39 is 10.0 Å². The van der Waals surface area contributed by atoms with Gasteiger partial charge in [-0.2, -0.15) is 4.31 Å². The van der Waals surface area contributed by atoms with Crippen molar-refractivity contribution in [1.82, 2.24) is 9.21 Å². The molecule has 1 aromatic heterocycles. The third kappa shape index (κ3) is 4.32. The van der Waals surface area contributed by atoms with Crippen molar-refractivity contribution in [1.29, 1.82) is 0 Å². The number of aryl methyl sites for hydroxylation is 1. The summed E-state index contributed by atoms with van der Waals surface area (Å²) < 4.78 is 34.1. The smallest absolute Gasteiger partial charge is 0.289 e. The van der Waals surface area contributed by atoms with Crippen molar-refractivity contribution in [2.75, 3.05) is 20.1 Å². The summed E-state index contributed by atoms with van der Waals surface area (Å²) in [6.07, 6.45) is 1.04. The molecule has 1 aliphatic rings. The monoisotopic (exact) mass is 454 g/mol. The molecule has 2 heterocycles. The number of amides is 1. The van der Waals surface area contributed by atoms with E-state index in [9.17, 15) is 13.2 Å². The molecule has 0 saturated carbocycles. The van der Waals surface area contributed by atoms with Crippen LogP contribution in [0.5, 0.6) is 0 Å². The minimum absolute atomic E-state index is 0.231. The number of benzene rings is 2. The lowest BCUT2D eigenvalue weighted by Gasteiger charge is -2.34. The molecule has 1 fully saturated rings. The maximum atomic E-state index is 13.3. The van der Waals surface area contributed by atoms with Crippen molar-refractivity contribution in [3.05, 3.63) is 65.4 Å². The molecular weight excluding hydrogens is 424 g/mol. The second kappa shape index (κ2) is 8.71. The van der Waals surface area contributed by atoms with E-state index in [1.54, 1.807) is 41.4 Å². The Bertz CT molecular complexity index is 1220. The molecule has 170 valence electrons.